The molecule has 1 unspecified atom stereocenters. The predicted octanol–water partition coefficient (Wildman–Crippen LogP) is 3.19. The van der Waals surface area contributed by atoms with E-state index < -0.39 is 0 Å². The average molecular weight is 283 g/mol. The maximum atomic E-state index is 12.3. The van der Waals surface area contributed by atoms with Crippen molar-refractivity contribution >= 4 is 16.7 Å². The normalized spacial score (nSPS) is 16.9. The van der Waals surface area contributed by atoms with Crippen LogP contribution >= 0.6 is 0 Å². The Labute approximate surface area is 125 Å². The Kier molecular flexibility index (Phi) is 4.20. The SMILES string of the molecule is CC(CC(=O)N1CCOCC1)c1ccc2ccccc2c1. The molecule has 0 saturated carbocycles. The minimum atomic E-state index is 0.235. The van der Waals surface area contributed by atoms with Gasteiger partial charge in [0, 0.05) is 19.5 Å². The van der Waals surface area contributed by atoms with Gasteiger partial charge in [-0.25, -0.2) is 0 Å². The molecule has 3 nitrogen and oxygen atoms in total. The van der Waals surface area contributed by atoms with E-state index in [1.54, 1.807) is 0 Å². The van der Waals surface area contributed by atoms with Crippen LogP contribution in [0.4, 0.5) is 0 Å². The van der Waals surface area contributed by atoms with E-state index in [4.69, 9.17) is 4.74 Å². The van der Waals surface area contributed by atoms with Crippen LogP contribution in [0.1, 0.15) is 24.8 Å². The van der Waals surface area contributed by atoms with Gasteiger partial charge in [-0.05, 0) is 22.3 Å². The number of nitrogens with zero attached hydrogens (tertiary/aromatic N) is 1. The largest absolute Gasteiger partial charge is 0.378 e. The number of morpholine rings is 1. The van der Waals surface area contributed by atoms with E-state index in [1.165, 1.54) is 16.3 Å². The lowest BCUT2D eigenvalue weighted by Gasteiger charge is -2.28. The summed E-state index contributed by atoms with van der Waals surface area (Å²) in [7, 11) is 0. The van der Waals surface area contributed by atoms with Gasteiger partial charge in [0.1, 0.15) is 0 Å². The Morgan fingerprint density at radius 1 is 1.14 bits per heavy atom. The van der Waals surface area contributed by atoms with Gasteiger partial charge in [0.2, 0.25) is 5.91 Å². The van der Waals surface area contributed by atoms with Gasteiger partial charge in [-0.15, -0.1) is 0 Å². The van der Waals surface area contributed by atoms with E-state index >= 15 is 0 Å². The smallest absolute Gasteiger partial charge is 0.223 e. The molecule has 0 spiro atoms. The van der Waals surface area contributed by atoms with Gasteiger partial charge in [-0.3, -0.25) is 4.79 Å². The van der Waals surface area contributed by atoms with Crippen LogP contribution in [0.15, 0.2) is 42.5 Å². The van der Waals surface area contributed by atoms with Gasteiger partial charge in [0.05, 0.1) is 13.2 Å². The van der Waals surface area contributed by atoms with E-state index in [1.807, 2.05) is 11.0 Å². The van der Waals surface area contributed by atoms with Gasteiger partial charge in [-0.1, -0.05) is 49.4 Å². The maximum absolute atomic E-state index is 12.3. The number of benzene rings is 2. The summed E-state index contributed by atoms with van der Waals surface area (Å²) in [6, 6.07) is 14.8. The fourth-order valence-corrected chi connectivity index (χ4v) is 2.84. The number of carbonyl (C=O) groups excluding carboxylic acids is 1. The highest BCUT2D eigenvalue weighted by Crippen LogP contribution is 2.24. The van der Waals surface area contributed by atoms with Crippen LogP contribution < -0.4 is 0 Å². The summed E-state index contributed by atoms with van der Waals surface area (Å²) in [5, 5.41) is 2.48. The Morgan fingerprint density at radius 3 is 2.62 bits per heavy atom. The van der Waals surface area contributed by atoms with E-state index in [-0.39, 0.29) is 11.8 Å². The number of amides is 1. The van der Waals surface area contributed by atoms with Gasteiger partial charge in [0.25, 0.3) is 0 Å². The number of hydrogen-bond donors (Lipinski definition) is 0. The molecule has 0 N–H and O–H groups in total. The molecule has 21 heavy (non-hydrogen) atoms. The zero-order valence-electron chi connectivity index (χ0n) is 12.4. The minimum Gasteiger partial charge on any atom is -0.378 e. The Balaban J connectivity index is 1.71. The van der Waals surface area contributed by atoms with Crippen molar-refractivity contribution in [2.24, 2.45) is 0 Å². The second-order valence-electron chi connectivity index (χ2n) is 5.70. The summed E-state index contributed by atoms with van der Waals surface area (Å²) in [6.07, 6.45) is 0.568. The van der Waals surface area contributed by atoms with Gasteiger partial charge in [0.15, 0.2) is 0 Å². The van der Waals surface area contributed by atoms with Crippen LogP contribution in [-0.2, 0) is 9.53 Å². The molecule has 0 bridgehead atoms. The van der Waals surface area contributed by atoms with Crippen LogP contribution in [0.2, 0.25) is 0 Å². The predicted molar refractivity (Wildman–Crippen MR) is 84.4 cm³/mol. The number of hydrogen-bond acceptors (Lipinski definition) is 2. The first-order chi connectivity index (χ1) is 10.2. The molecule has 110 valence electrons. The summed E-state index contributed by atoms with van der Waals surface area (Å²) in [5.41, 5.74) is 1.23. The summed E-state index contributed by atoms with van der Waals surface area (Å²) >= 11 is 0. The van der Waals surface area contributed by atoms with Crippen LogP contribution in [0.5, 0.6) is 0 Å². The van der Waals surface area contributed by atoms with Crippen LogP contribution in [0.25, 0.3) is 10.8 Å². The first-order valence-electron chi connectivity index (χ1n) is 7.58. The second kappa shape index (κ2) is 6.27. The lowest BCUT2D eigenvalue weighted by molar-refractivity contribution is -0.135. The molecule has 1 heterocycles. The minimum absolute atomic E-state index is 0.235. The third kappa shape index (κ3) is 3.24. The van der Waals surface area contributed by atoms with Crippen molar-refractivity contribution in [3.8, 4) is 0 Å². The van der Waals surface area contributed by atoms with Crippen LogP contribution in [0.3, 0.4) is 0 Å². The molecule has 1 saturated heterocycles. The number of fused-ring (bicyclic) bond motifs is 1. The molecule has 1 aliphatic rings. The standard InChI is InChI=1S/C18H21NO2/c1-14(12-18(20)19-8-10-21-11-9-19)16-7-6-15-4-2-3-5-17(15)13-16/h2-7,13-14H,8-12H2,1H3. The van der Waals surface area contributed by atoms with E-state index in [0.29, 0.717) is 19.6 Å². The van der Waals surface area contributed by atoms with Gasteiger partial charge < -0.3 is 9.64 Å². The summed E-state index contributed by atoms with van der Waals surface area (Å²) in [4.78, 5) is 14.2. The molecular weight excluding hydrogens is 262 g/mol. The zero-order chi connectivity index (χ0) is 14.7. The first kappa shape index (κ1) is 14.1. The first-order valence-corrected chi connectivity index (χ1v) is 7.58. The van der Waals surface area contributed by atoms with Gasteiger partial charge >= 0.3 is 0 Å². The van der Waals surface area contributed by atoms with Crippen molar-refractivity contribution in [1.82, 2.24) is 4.90 Å². The molecule has 3 heteroatoms. The quantitative estimate of drug-likeness (QED) is 0.865. The molecular formula is C18H21NO2. The molecule has 1 fully saturated rings. The third-order valence-electron chi connectivity index (χ3n) is 4.19. The molecule has 2 aromatic carbocycles. The second-order valence-corrected chi connectivity index (χ2v) is 5.70. The Morgan fingerprint density at radius 2 is 1.86 bits per heavy atom. The van der Waals surface area contributed by atoms with Crippen molar-refractivity contribution in [3.05, 3.63) is 48.0 Å². The van der Waals surface area contributed by atoms with Gasteiger partial charge in [-0.2, -0.15) is 0 Å². The van der Waals surface area contributed by atoms with E-state index in [0.717, 1.165) is 13.1 Å². The van der Waals surface area contributed by atoms with E-state index in [2.05, 4.69) is 43.3 Å². The number of carbonyl (C=O) groups is 1. The maximum Gasteiger partial charge on any atom is 0.223 e. The van der Waals surface area contributed by atoms with Crippen molar-refractivity contribution in [1.29, 1.82) is 0 Å². The Bertz CT molecular complexity index is 632. The molecule has 2 aromatic rings. The summed E-state index contributed by atoms with van der Waals surface area (Å²) in [5.74, 6) is 0.476. The molecule has 0 aliphatic carbocycles. The topological polar surface area (TPSA) is 29.5 Å². The zero-order valence-corrected chi connectivity index (χ0v) is 12.4. The number of rotatable bonds is 3. The molecule has 1 amide bonds. The average Bonchev–Trinajstić information content (AvgIpc) is 2.55. The summed E-state index contributed by atoms with van der Waals surface area (Å²) < 4.78 is 5.29. The summed E-state index contributed by atoms with van der Waals surface area (Å²) in [6.45, 7) is 4.90. The molecule has 3 rings (SSSR count). The monoisotopic (exact) mass is 283 g/mol. The van der Waals surface area contributed by atoms with Crippen molar-refractivity contribution in [2.75, 3.05) is 26.3 Å². The third-order valence-corrected chi connectivity index (χ3v) is 4.19. The highest BCUT2D eigenvalue weighted by atomic mass is 16.5. The highest BCUT2D eigenvalue weighted by Gasteiger charge is 2.19. The lowest BCUT2D eigenvalue weighted by Crippen LogP contribution is -2.41. The molecule has 0 radical (unpaired) electrons. The van der Waals surface area contributed by atoms with E-state index in [9.17, 15) is 4.79 Å². The highest BCUT2D eigenvalue weighted by molar-refractivity contribution is 5.83. The molecule has 1 atom stereocenters. The fourth-order valence-electron chi connectivity index (χ4n) is 2.84. The number of ether oxygens (including phenoxy) is 1. The van der Waals surface area contributed by atoms with Crippen LogP contribution in [0, 0.1) is 0 Å². The fraction of sp³-hybridized carbons (Fsp3) is 0.389. The molecule has 1 aliphatic heterocycles. The Hall–Kier alpha value is -1.87. The van der Waals surface area contributed by atoms with Crippen molar-refractivity contribution < 1.29 is 9.53 Å². The van der Waals surface area contributed by atoms with Crippen LogP contribution in [-0.4, -0.2) is 37.1 Å². The molecule has 0 aromatic heterocycles. The van der Waals surface area contributed by atoms with Crippen molar-refractivity contribution in [2.45, 2.75) is 19.3 Å². The lowest BCUT2D eigenvalue weighted by atomic mass is 9.94. The van der Waals surface area contributed by atoms with Crippen molar-refractivity contribution in [3.63, 3.8) is 0 Å².